The molecule has 2 aromatic carbocycles. The van der Waals surface area contributed by atoms with Crippen LogP contribution in [0.2, 0.25) is 0 Å². The first-order chi connectivity index (χ1) is 15.5. The number of nitrogens with zero attached hydrogens (tertiary/aromatic N) is 1. The summed E-state index contributed by atoms with van der Waals surface area (Å²) in [4.78, 5) is 5.66. The van der Waals surface area contributed by atoms with E-state index in [4.69, 9.17) is 37.3 Å². The smallest absolute Gasteiger partial charge is 0.213 e. The normalized spacial score (nSPS) is 11.9. The zero-order chi connectivity index (χ0) is 24.6. The van der Waals surface area contributed by atoms with Gasteiger partial charge >= 0.3 is 0 Å². The van der Waals surface area contributed by atoms with Gasteiger partial charge in [-0.25, -0.2) is 23.6 Å². The molecule has 33 heavy (non-hydrogen) atoms. The minimum Gasteiger partial charge on any atom is -0.497 e. The van der Waals surface area contributed by atoms with Crippen LogP contribution in [0.3, 0.4) is 0 Å². The van der Waals surface area contributed by atoms with Gasteiger partial charge < -0.3 is 23.5 Å². The molecule has 0 amide bonds. The van der Waals surface area contributed by atoms with Gasteiger partial charge in [0.15, 0.2) is 18.0 Å². The van der Waals surface area contributed by atoms with E-state index in [1.54, 1.807) is 21.3 Å². The summed E-state index contributed by atoms with van der Waals surface area (Å²) < 4.78 is 56.3. The molecule has 11 heteroatoms. The lowest BCUT2D eigenvalue weighted by Crippen LogP contribution is -2.78. The Bertz CT molecular complexity index is 1120. The van der Waals surface area contributed by atoms with Crippen LogP contribution >= 0.6 is 0 Å². The van der Waals surface area contributed by atoms with Crippen molar-refractivity contribution >= 4 is 11.0 Å². The zero-order valence-electron chi connectivity index (χ0n) is 19.0. The Labute approximate surface area is 193 Å². The lowest BCUT2D eigenvalue weighted by atomic mass is 10.1. The first-order valence-electron chi connectivity index (χ1n) is 9.73. The van der Waals surface area contributed by atoms with Gasteiger partial charge in [0.2, 0.25) is 5.36 Å². The third-order valence-corrected chi connectivity index (χ3v) is 4.51. The van der Waals surface area contributed by atoms with Crippen LogP contribution in [0, 0.1) is 10.2 Å². The van der Waals surface area contributed by atoms with Crippen molar-refractivity contribution in [3.8, 4) is 28.6 Å². The average Bonchev–Trinajstić information content (AvgIpc) is 2.76. The summed E-state index contributed by atoms with van der Waals surface area (Å²) in [6.07, 6.45) is 0. The van der Waals surface area contributed by atoms with E-state index in [1.807, 2.05) is 42.5 Å². The molecule has 0 unspecified atom stereocenters. The van der Waals surface area contributed by atoms with Gasteiger partial charge in [0.05, 0.1) is 39.3 Å². The molecule has 3 rings (SSSR count). The summed E-state index contributed by atoms with van der Waals surface area (Å²) in [5, 5.41) is 1.97. The first-order valence-corrected chi connectivity index (χ1v) is 11.0. The van der Waals surface area contributed by atoms with Crippen LogP contribution in [0.15, 0.2) is 46.9 Å². The number of ether oxygens (including phenoxy) is 3. The molecule has 0 bridgehead atoms. The molecule has 10 nitrogen and oxygen atoms in total. The van der Waals surface area contributed by atoms with Crippen molar-refractivity contribution in [1.29, 1.82) is 0 Å². The summed E-state index contributed by atoms with van der Waals surface area (Å²) in [5.41, 5.74) is 1.69. The number of likely N-dealkylation sites (N-methyl/N-ethyl adjacent to an activating group) is 1. The second kappa shape index (κ2) is 11.8. The van der Waals surface area contributed by atoms with Gasteiger partial charge in [-0.15, -0.1) is 10.2 Å². The number of hydrogen-bond donors (Lipinski definition) is 1. The standard InChI is InChI=1S/C22H26N2O4.ClHO4/c1-24(2)11-10-23-18-14-21(15-6-8-20(26-4)22(12-15)27-5)28-19-9-7-16(25-3)13-17(18)19;2-1(3,4)5/h6-9,12-14H,10-11H2,1-5H3;(H,2,3,4,5). The molecule has 0 aliphatic heterocycles. The first kappa shape index (κ1) is 26.4. The Kier molecular flexibility index (Phi) is 9.47. The number of methoxy groups -OCH3 is 3. The SMILES string of the molecule is COc1ccc2oc(-c3ccc(OC)c(OC)c3)cc(=[NH+]CCN(C)C)c2c1.[O-][Cl+3]([O-])([O-])[O-]. The highest BCUT2D eigenvalue weighted by Gasteiger charge is 2.13. The zero-order valence-corrected chi connectivity index (χ0v) is 19.8. The third kappa shape index (κ3) is 8.21. The van der Waals surface area contributed by atoms with Crippen LogP contribution < -0.4 is 43.2 Å². The predicted octanol–water partition coefficient (Wildman–Crippen LogP) is -3.09. The van der Waals surface area contributed by atoms with E-state index in [1.165, 1.54) is 0 Å². The van der Waals surface area contributed by atoms with Crippen molar-refractivity contribution in [1.82, 2.24) is 4.90 Å². The fraction of sp³-hybridized carbons (Fsp3) is 0.318. The summed E-state index contributed by atoms with van der Waals surface area (Å²) in [5.74, 6) is 2.87. The molecule has 1 heterocycles. The molecule has 0 aliphatic rings. The van der Waals surface area contributed by atoms with Crippen molar-refractivity contribution in [3.05, 3.63) is 47.8 Å². The number of fused-ring (bicyclic) bond motifs is 1. The molecule has 3 aromatic rings. The number of rotatable bonds is 7. The van der Waals surface area contributed by atoms with E-state index in [0.717, 1.165) is 46.5 Å². The number of benzene rings is 2. The Balaban J connectivity index is 0.000000696. The van der Waals surface area contributed by atoms with E-state index in [-0.39, 0.29) is 0 Å². The predicted molar refractivity (Wildman–Crippen MR) is 109 cm³/mol. The van der Waals surface area contributed by atoms with Crippen LogP contribution in [0.4, 0.5) is 0 Å². The quantitative estimate of drug-likeness (QED) is 0.369. The Morgan fingerprint density at radius 1 is 0.879 bits per heavy atom. The molecule has 0 saturated carbocycles. The highest BCUT2D eigenvalue weighted by atomic mass is 35.7. The minimum atomic E-state index is -4.94. The molecular weight excluding hydrogens is 456 g/mol. The maximum Gasteiger partial charge on any atom is 0.213 e. The monoisotopic (exact) mass is 482 g/mol. The molecule has 0 spiro atoms. The maximum absolute atomic E-state index is 8.49. The second-order valence-electron chi connectivity index (χ2n) is 7.06. The van der Waals surface area contributed by atoms with E-state index in [9.17, 15) is 0 Å². The van der Waals surface area contributed by atoms with Crippen LogP contribution in [0.5, 0.6) is 17.2 Å². The lowest BCUT2D eigenvalue weighted by Gasteiger charge is -2.17. The lowest BCUT2D eigenvalue weighted by molar-refractivity contribution is -2.00. The topological polar surface area (TPSA) is 150 Å². The van der Waals surface area contributed by atoms with E-state index in [2.05, 4.69) is 24.0 Å². The van der Waals surface area contributed by atoms with Gasteiger partial charge in [-0.05, 0) is 50.5 Å². The van der Waals surface area contributed by atoms with Gasteiger partial charge in [-0.3, -0.25) is 0 Å². The molecule has 0 aliphatic carbocycles. The minimum absolute atomic E-state index is 0.659. The van der Waals surface area contributed by atoms with E-state index < -0.39 is 10.2 Å². The van der Waals surface area contributed by atoms with Gasteiger partial charge in [0.1, 0.15) is 17.1 Å². The molecule has 1 N–H and O–H groups in total. The Morgan fingerprint density at radius 3 is 2.12 bits per heavy atom. The molecule has 1 aromatic heterocycles. The summed E-state index contributed by atoms with van der Waals surface area (Å²) in [7, 11) is 4.07. The third-order valence-electron chi connectivity index (χ3n) is 4.51. The van der Waals surface area contributed by atoms with Gasteiger partial charge in [0.25, 0.3) is 0 Å². The van der Waals surface area contributed by atoms with E-state index in [0.29, 0.717) is 11.5 Å². The second-order valence-corrected chi connectivity index (χ2v) is 7.82. The number of halogens is 1. The number of hydrogen-bond acceptors (Lipinski definition) is 9. The van der Waals surface area contributed by atoms with Gasteiger partial charge in [0, 0.05) is 5.56 Å². The highest BCUT2D eigenvalue weighted by Crippen LogP contribution is 2.32. The summed E-state index contributed by atoms with van der Waals surface area (Å²) in [6, 6.07) is 13.6. The van der Waals surface area contributed by atoms with Gasteiger partial charge in [-0.2, -0.15) is 0 Å². The van der Waals surface area contributed by atoms with Crippen LogP contribution in [0.25, 0.3) is 22.3 Å². The maximum atomic E-state index is 8.49. The molecular formula is C22H27ClN2O8. The van der Waals surface area contributed by atoms with Gasteiger partial charge in [-0.1, -0.05) is 0 Å². The molecule has 0 saturated heterocycles. The summed E-state index contributed by atoms with van der Waals surface area (Å²) in [6.45, 7) is 1.73. The summed E-state index contributed by atoms with van der Waals surface area (Å²) >= 11 is 0. The molecule has 0 atom stereocenters. The van der Waals surface area contributed by atoms with Crippen molar-refractivity contribution < 1.29 is 52.5 Å². The van der Waals surface area contributed by atoms with Crippen molar-refractivity contribution in [3.63, 3.8) is 0 Å². The molecule has 0 fully saturated rings. The number of nitrogens with one attached hydrogen (secondary N) is 1. The Hall–Kier alpha value is -2.86. The largest absolute Gasteiger partial charge is 0.497 e. The van der Waals surface area contributed by atoms with Crippen LogP contribution in [-0.2, 0) is 0 Å². The van der Waals surface area contributed by atoms with Crippen LogP contribution in [-0.4, -0.2) is 53.4 Å². The van der Waals surface area contributed by atoms with E-state index >= 15 is 0 Å². The Morgan fingerprint density at radius 2 is 1.55 bits per heavy atom. The fourth-order valence-corrected chi connectivity index (χ4v) is 2.98. The molecule has 180 valence electrons. The van der Waals surface area contributed by atoms with Crippen molar-refractivity contribution in [2.24, 2.45) is 0 Å². The molecule has 0 radical (unpaired) electrons. The van der Waals surface area contributed by atoms with Crippen molar-refractivity contribution in [2.75, 3.05) is 48.5 Å². The highest BCUT2D eigenvalue weighted by molar-refractivity contribution is 5.79. The average molecular weight is 483 g/mol. The van der Waals surface area contributed by atoms with Crippen molar-refractivity contribution in [2.45, 2.75) is 0 Å². The fourth-order valence-electron chi connectivity index (χ4n) is 2.98. The van der Waals surface area contributed by atoms with Crippen LogP contribution in [0.1, 0.15) is 0 Å².